The van der Waals surface area contributed by atoms with Crippen LogP contribution in [0.1, 0.15) is 33.3 Å². The summed E-state index contributed by atoms with van der Waals surface area (Å²) in [5.41, 5.74) is 7.87. The van der Waals surface area contributed by atoms with Crippen LogP contribution in [0.3, 0.4) is 0 Å². The van der Waals surface area contributed by atoms with E-state index in [2.05, 4.69) is 0 Å². The molecule has 0 bridgehead atoms. The molecule has 2 aromatic carbocycles. The summed E-state index contributed by atoms with van der Waals surface area (Å²) in [4.78, 5) is 0. The first-order chi connectivity index (χ1) is 11.1. The average Bonchev–Trinajstić information content (AvgIpc) is 2.70. The number of rotatable bonds is 2. The van der Waals surface area contributed by atoms with Crippen LogP contribution in [0.2, 0.25) is 5.02 Å². The molecular weight excluding hydrogens is 525 g/mol. The summed E-state index contributed by atoms with van der Waals surface area (Å²) in [5.74, 6) is -0.560. The summed E-state index contributed by atoms with van der Waals surface area (Å²) in [6, 6.07) is 4.40. The van der Waals surface area contributed by atoms with E-state index >= 15 is 0 Å². The Labute approximate surface area is 166 Å². The van der Waals surface area contributed by atoms with E-state index < -0.39 is 24.1 Å². The van der Waals surface area contributed by atoms with Gasteiger partial charge in [0.15, 0.2) is 0 Å². The molecule has 1 aliphatic rings. The number of benzene rings is 2. The first-order valence-corrected chi connectivity index (χ1v) is 7.99. The Kier molecular flexibility index (Phi) is 5.43. The van der Waals surface area contributed by atoms with Gasteiger partial charge in [-0.15, -0.1) is 5.69 Å². The minimum Gasteiger partial charge on any atom is -0.698 e. The first kappa shape index (κ1) is 20.4. The van der Waals surface area contributed by atoms with Gasteiger partial charge in [0.2, 0.25) is 0 Å². The third-order valence-electron chi connectivity index (χ3n) is 4.91. The quantitative estimate of drug-likeness (QED) is 0.445. The maximum atomic E-state index is 14.0. The molecule has 1 heterocycles. The Morgan fingerprint density at radius 2 is 1.76 bits per heavy atom. The van der Waals surface area contributed by atoms with Crippen molar-refractivity contribution in [1.29, 1.82) is 5.41 Å². The molecule has 0 radical (unpaired) electrons. The van der Waals surface area contributed by atoms with Crippen LogP contribution in [0.5, 0.6) is 0 Å². The molecule has 0 spiro atoms. The maximum Gasteiger partial charge on any atom is 0.496 e. The van der Waals surface area contributed by atoms with Gasteiger partial charge in [0, 0.05) is 32.7 Å². The molecule has 2 aromatic rings. The van der Waals surface area contributed by atoms with Gasteiger partial charge in [0.25, 0.3) is 0 Å². The van der Waals surface area contributed by atoms with E-state index in [1.165, 1.54) is 6.07 Å². The minimum absolute atomic E-state index is 0. The zero-order valence-corrected chi connectivity index (χ0v) is 17.3. The fourth-order valence-electron chi connectivity index (χ4n) is 2.83. The van der Waals surface area contributed by atoms with E-state index in [9.17, 15) is 4.39 Å². The molecule has 3 rings (SSSR count). The van der Waals surface area contributed by atoms with Crippen LogP contribution in [0.25, 0.3) is 16.5 Å². The van der Waals surface area contributed by atoms with Gasteiger partial charge in [-0.05, 0) is 50.2 Å². The summed E-state index contributed by atoms with van der Waals surface area (Å²) >= 11 is 6.21. The molecule has 2 N–H and O–H groups in total. The fraction of sp³-hybridized carbons (Fsp3) is 0.353. The SMILES string of the molecule is CC1(C)OB(c2c(C=N)c([NH-])cc3ccc(F)c(Cl)c23)OC1(C)C.[Pt]. The van der Waals surface area contributed by atoms with E-state index in [4.69, 9.17) is 32.1 Å². The average molecular weight is 543 g/mol. The predicted octanol–water partition coefficient (Wildman–Crippen LogP) is 4.61. The van der Waals surface area contributed by atoms with Gasteiger partial charge in [-0.3, -0.25) is 0 Å². The first-order valence-electron chi connectivity index (χ1n) is 7.61. The fourth-order valence-corrected chi connectivity index (χ4v) is 3.11. The second kappa shape index (κ2) is 6.66. The predicted molar refractivity (Wildman–Crippen MR) is 96.5 cm³/mol. The number of hydrogen-bond donors (Lipinski definition) is 1. The van der Waals surface area contributed by atoms with E-state index in [1.807, 2.05) is 27.7 Å². The van der Waals surface area contributed by atoms with Crippen LogP contribution < -0.4 is 5.46 Å². The molecule has 1 saturated heterocycles. The Bertz CT molecular complexity index is 844. The number of nitrogens with one attached hydrogen (secondary N) is 2. The summed E-state index contributed by atoms with van der Waals surface area (Å²) in [6.45, 7) is 7.63. The molecule has 0 saturated carbocycles. The summed E-state index contributed by atoms with van der Waals surface area (Å²) in [6.07, 6.45) is 1.06. The third kappa shape index (κ3) is 3.14. The van der Waals surface area contributed by atoms with Gasteiger partial charge < -0.3 is 20.5 Å². The molecule has 0 atom stereocenters. The molecular formula is C17H18BClFN2O2Pt-. The Morgan fingerprint density at radius 1 is 1.20 bits per heavy atom. The largest absolute Gasteiger partial charge is 0.698 e. The molecule has 0 aromatic heterocycles. The molecule has 0 amide bonds. The molecule has 8 heteroatoms. The molecule has 0 aliphatic carbocycles. The van der Waals surface area contributed by atoms with Crippen molar-refractivity contribution in [3.63, 3.8) is 0 Å². The zero-order chi connectivity index (χ0) is 17.9. The second-order valence-corrected chi connectivity index (χ2v) is 7.32. The molecule has 136 valence electrons. The van der Waals surface area contributed by atoms with E-state index in [1.54, 1.807) is 12.1 Å². The molecule has 25 heavy (non-hydrogen) atoms. The third-order valence-corrected chi connectivity index (χ3v) is 5.28. The molecule has 1 aliphatic heterocycles. The van der Waals surface area contributed by atoms with Gasteiger partial charge in [-0.1, -0.05) is 23.7 Å². The van der Waals surface area contributed by atoms with Crippen molar-refractivity contribution in [2.45, 2.75) is 38.9 Å². The Morgan fingerprint density at radius 3 is 2.28 bits per heavy atom. The van der Waals surface area contributed by atoms with Crippen LogP contribution in [0.15, 0.2) is 18.2 Å². The topological polar surface area (TPSA) is 66.1 Å². The summed E-state index contributed by atoms with van der Waals surface area (Å²) in [5, 5.41) is 8.67. The Hall–Kier alpha value is -0.937. The smallest absolute Gasteiger partial charge is 0.496 e. The standard InChI is InChI=1S/C17H18BClFN2O2.Pt/c1-16(2)17(3,4)24-18(23-16)14-10(8-21)12(22)7-9-5-6-11(20)15(19)13(9)14;/h5-8,21-22H,1-4H3;/q-1;. The van der Waals surface area contributed by atoms with Crippen molar-refractivity contribution >= 4 is 46.9 Å². The molecule has 4 nitrogen and oxygen atoms in total. The minimum atomic E-state index is -0.835. The zero-order valence-electron chi connectivity index (χ0n) is 14.3. The van der Waals surface area contributed by atoms with Crippen molar-refractivity contribution in [2.75, 3.05) is 0 Å². The number of hydrogen-bond acceptors (Lipinski definition) is 3. The van der Waals surface area contributed by atoms with Crippen molar-refractivity contribution in [3.8, 4) is 0 Å². The second-order valence-electron chi connectivity index (χ2n) is 6.94. The van der Waals surface area contributed by atoms with Gasteiger partial charge in [0.1, 0.15) is 5.82 Å². The summed E-state index contributed by atoms with van der Waals surface area (Å²) in [7, 11) is -0.835. The molecule has 1 fully saturated rings. The number of halogens is 2. The van der Waals surface area contributed by atoms with Crippen molar-refractivity contribution in [1.82, 2.24) is 0 Å². The van der Waals surface area contributed by atoms with Crippen molar-refractivity contribution in [3.05, 3.63) is 40.3 Å². The summed E-state index contributed by atoms with van der Waals surface area (Å²) < 4.78 is 26.2. The van der Waals surface area contributed by atoms with Gasteiger partial charge in [0.05, 0.1) is 16.2 Å². The van der Waals surface area contributed by atoms with Crippen molar-refractivity contribution in [2.24, 2.45) is 0 Å². The normalized spacial score (nSPS) is 18.2. The van der Waals surface area contributed by atoms with Gasteiger partial charge in [-0.25, -0.2) is 4.39 Å². The van der Waals surface area contributed by atoms with E-state index in [0.29, 0.717) is 21.8 Å². The van der Waals surface area contributed by atoms with Gasteiger partial charge in [-0.2, -0.15) is 0 Å². The molecule has 0 unspecified atom stereocenters. The van der Waals surface area contributed by atoms with Crippen LogP contribution in [0.4, 0.5) is 10.1 Å². The van der Waals surface area contributed by atoms with Crippen LogP contribution >= 0.6 is 11.6 Å². The van der Waals surface area contributed by atoms with Crippen molar-refractivity contribution < 1.29 is 34.8 Å². The van der Waals surface area contributed by atoms with E-state index in [-0.39, 0.29) is 31.8 Å². The number of fused-ring (bicyclic) bond motifs is 1. The van der Waals surface area contributed by atoms with Crippen LogP contribution in [-0.4, -0.2) is 24.5 Å². The monoisotopic (exact) mass is 542 g/mol. The van der Waals surface area contributed by atoms with Crippen LogP contribution in [0, 0.1) is 11.2 Å². The Balaban J connectivity index is 0.00000225. The van der Waals surface area contributed by atoms with E-state index in [0.717, 1.165) is 6.21 Å². The van der Waals surface area contributed by atoms with Crippen LogP contribution in [-0.2, 0) is 30.4 Å². The van der Waals surface area contributed by atoms with Gasteiger partial charge >= 0.3 is 7.12 Å². The maximum absolute atomic E-state index is 14.0.